The number of nitrogen functional groups attached to an aromatic ring is 1. The van der Waals surface area contributed by atoms with E-state index in [0.29, 0.717) is 35.6 Å². The monoisotopic (exact) mass is 866 g/mol. The van der Waals surface area contributed by atoms with Crippen molar-refractivity contribution in [3.8, 4) is 5.75 Å². The van der Waals surface area contributed by atoms with Gasteiger partial charge in [-0.15, -0.1) is 0 Å². The van der Waals surface area contributed by atoms with Gasteiger partial charge >= 0.3 is 0 Å². The molecule has 352 valence electrons. The van der Waals surface area contributed by atoms with Gasteiger partial charge in [-0.25, -0.2) is 0 Å². The molecule has 63 heavy (non-hydrogen) atoms. The molecule has 1 heterocycles. The zero-order valence-corrected chi connectivity index (χ0v) is 42.9. The number of carbonyl (C=O) groups is 2. The topological polar surface area (TPSA) is 93.5 Å². The average Bonchev–Trinajstić information content (AvgIpc) is 3.64. The first-order chi connectivity index (χ1) is 29.6. The van der Waals surface area contributed by atoms with Crippen molar-refractivity contribution in [2.45, 2.75) is 179 Å². The number of anilines is 2. The van der Waals surface area contributed by atoms with Crippen molar-refractivity contribution >= 4 is 23.2 Å². The van der Waals surface area contributed by atoms with Crippen LogP contribution < -0.4 is 21.1 Å². The standard InChI is InChI=1S/C11H15NO.C11H16.C10H14O.C9H13N.C8H15NO.C8H18/c1-8(2)10-5-4-6-11(7-10)12-9(3)13;1-4-10-6-5-7-11(8-10)9(2)3;1-8(2)9-5-4-6-10(7-9)11-3;1-7(2)8-4-3-5-9(10)6-8;1-6(2)5-7-3-4-8(10)9-7;1-7(2)5-6-8(3)4/h4-8H,1-3H3,(H,12,13);5-9H,4H2,1-3H3;4-8H,1-3H3;3-7H,10H2,1-2H3;6-7H,3-5H2,1-2H3,(H,9,10);7-8H,5-6H2,1-4H3. The third-order valence-electron chi connectivity index (χ3n) is 10.4. The second-order valence-electron chi connectivity index (χ2n) is 19.3. The quantitative estimate of drug-likeness (QED) is 0.124. The van der Waals surface area contributed by atoms with Crippen LogP contribution in [0.15, 0.2) is 97.1 Å². The molecule has 6 nitrogen and oxygen atoms in total. The molecule has 4 N–H and O–H groups in total. The van der Waals surface area contributed by atoms with Crippen molar-refractivity contribution in [2.75, 3.05) is 18.2 Å². The van der Waals surface area contributed by atoms with Gasteiger partial charge in [0.1, 0.15) is 5.75 Å². The maximum atomic E-state index is 10.8. The van der Waals surface area contributed by atoms with Gasteiger partial charge in [0.15, 0.2) is 0 Å². The summed E-state index contributed by atoms with van der Waals surface area (Å²) in [6.07, 6.45) is 6.82. The summed E-state index contributed by atoms with van der Waals surface area (Å²) in [6, 6.07) is 33.4. The maximum absolute atomic E-state index is 10.8. The Morgan fingerprint density at radius 3 is 1.51 bits per heavy atom. The maximum Gasteiger partial charge on any atom is 0.221 e. The summed E-state index contributed by atoms with van der Waals surface area (Å²) in [5, 5.41) is 5.71. The number of aryl methyl sites for hydroxylation is 1. The molecule has 1 aliphatic heterocycles. The Labute approximate surface area is 387 Å². The molecule has 1 fully saturated rings. The Balaban J connectivity index is 0.000000736. The van der Waals surface area contributed by atoms with Gasteiger partial charge < -0.3 is 21.1 Å². The molecular formula is C57H91N3O3. The summed E-state index contributed by atoms with van der Waals surface area (Å²) in [5.74, 6) is 5.91. The second-order valence-corrected chi connectivity index (χ2v) is 19.3. The summed E-state index contributed by atoms with van der Waals surface area (Å²) >= 11 is 0. The van der Waals surface area contributed by atoms with E-state index < -0.39 is 0 Å². The van der Waals surface area contributed by atoms with Crippen LogP contribution >= 0.6 is 0 Å². The lowest BCUT2D eigenvalue weighted by atomic mass is 10.0. The minimum Gasteiger partial charge on any atom is -0.497 e. The second kappa shape index (κ2) is 33.0. The minimum atomic E-state index is -0.0269. The molecule has 0 bridgehead atoms. The highest BCUT2D eigenvalue weighted by Crippen LogP contribution is 2.21. The Morgan fingerprint density at radius 2 is 1.11 bits per heavy atom. The lowest BCUT2D eigenvalue weighted by Gasteiger charge is -2.11. The smallest absolute Gasteiger partial charge is 0.221 e. The van der Waals surface area contributed by atoms with Crippen LogP contribution in [0.2, 0.25) is 0 Å². The van der Waals surface area contributed by atoms with E-state index in [1.54, 1.807) is 7.11 Å². The summed E-state index contributed by atoms with van der Waals surface area (Å²) in [5.41, 5.74) is 14.1. The molecule has 2 amide bonds. The summed E-state index contributed by atoms with van der Waals surface area (Å²) < 4.78 is 5.11. The van der Waals surface area contributed by atoms with E-state index in [-0.39, 0.29) is 11.8 Å². The van der Waals surface area contributed by atoms with E-state index in [9.17, 15) is 9.59 Å². The molecule has 0 aliphatic carbocycles. The van der Waals surface area contributed by atoms with E-state index >= 15 is 0 Å². The Bertz CT molecular complexity index is 1750. The number of hydrogen-bond donors (Lipinski definition) is 3. The van der Waals surface area contributed by atoms with Gasteiger partial charge in [-0.3, -0.25) is 9.59 Å². The Morgan fingerprint density at radius 1 is 0.651 bits per heavy atom. The van der Waals surface area contributed by atoms with Crippen molar-refractivity contribution in [1.82, 2.24) is 5.32 Å². The van der Waals surface area contributed by atoms with E-state index in [1.165, 1.54) is 47.6 Å². The molecular weight excluding hydrogens is 775 g/mol. The first kappa shape index (κ1) is 58.4. The van der Waals surface area contributed by atoms with Crippen molar-refractivity contribution in [2.24, 2.45) is 17.8 Å². The zero-order chi connectivity index (χ0) is 48.1. The molecule has 1 atom stereocenters. The highest BCUT2D eigenvalue weighted by atomic mass is 16.5. The molecule has 0 radical (unpaired) electrons. The zero-order valence-electron chi connectivity index (χ0n) is 42.9. The molecule has 5 rings (SSSR count). The highest BCUT2D eigenvalue weighted by Gasteiger charge is 2.20. The van der Waals surface area contributed by atoms with Gasteiger partial charge in [0.25, 0.3) is 0 Å². The van der Waals surface area contributed by atoms with E-state index in [4.69, 9.17) is 10.5 Å². The number of amides is 2. The normalized spacial score (nSPS) is 12.8. The predicted molar refractivity (Wildman–Crippen MR) is 276 cm³/mol. The number of rotatable bonds is 12. The SMILES string of the molecule is CC(=O)Nc1cccc(C(C)C)c1.CC(C)CC1CCC(=O)N1.CC(C)CCC(C)C.CC(C)c1cccc(N)c1.CCc1cccc(C(C)C)c1.COc1cccc(C(C)C)c1. The van der Waals surface area contributed by atoms with Crippen LogP contribution in [0.3, 0.4) is 0 Å². The van der Waals surface area contributed by atoms with Gasteiger partial charge in [0.2, 0.25) is 11.8 Å². The molecule has 1 unspecified atom stereocenters. The minimum absolute atomic E-state index is 0.0269. The summed E-state index contributed by atoms with van der Waals surface area (Å²) in [6.45, 7) is 34.6. The van der Waals surface area contributed by atoms with E-state index in [0.717, 1.165) is 54.6 Å². The van der Waals surface area contributed by atoms with Crippen LogP contribution in [0.4, 0.5) is 11.4 Å². The van der Waals surface area contributed by atoms with Gasteiger partial charge in [-0.1, -0.05) is 177 Å². The number of hydrogen-bond acceptors (Lipinski definition) is 4. The summed E-state index contributed by atoms with van der Waals surface area (Å²) in [7, 11) is 1.69. The van der Waals surface area contributed by atoms with Crippen LogP contribution in [0.5, 0.6) is 5.75 Å². The number of nitrogens with two attached hydrogens (primary N) is 1. The van der Waals surface area contributed by atoms with Crippen LogP contribution in [0, 0.1) is 17.8 Å². The largest absolute Gasteiger partial charge is 0.497 e. The van der Waals surface area contributed by atoms with E-state index in [1.807, 2.05) is 48.5 Å². The predicted octanol–water partition coefficient (Wildman–Crippen LogP) is 15.7. The van der Waals surface area contributed by atoms with Crippen molar-refractivity contribution < 1.29 is 14.3 Å². The molecule has 0 spiro atoms. The molecule has 1 saturated heterocycles. The van der Waals surface area contributed by atoms with Crippen LogP contribution in [0.1, 0.15) is 194 Å². The van der Waals surface area contributed by atoms with Crippen LogP contribution in [-0.4, -0.2) is 25.0 Å². The first-order valence-electron chi connectivity index (χ1n) is 23.8. The molecule has 4 aromatic carbocycles. The first-order valence-corrected chi connectivity index (χ1v) is 23.8. The summed E-state index contributed by atoms with van der Waals surface area (Å²) in [4.78, 5) is 21.5. The fourth-order valence-corrected chi connectivity index (χ4v) is 6.36. The highest BCUT2D eigenvalue weighted by molar-refractivity contribution is 5.88. The Kier molecular flexibility index (Phi) is 30.6. The van der Waals surface area contributed by atoms with Gasteiger partial charge in [0.05, 0.1) is 7.11 Å². The number of methoxy groups -OCH3 is 1. The third-order valence-corrected chi connectivity index (χ3v) is 10.4. The number of ether oxygens (including phenoxy) is 1. The van der Waals surface area contributed by atoms with Crippen LogP contribution in [0.25, 0.3) is 0 Å². The fourth-order valence-electron chi connectivity index (χ4n) is 6.36. The Hall–Kier alpha value is -4.58. The molecule has 0 saturated carbocycles. The fraction of sp³-hybridized carbons (Fsp3) is 0.544. The van der Waals surface area contributed by atoms with E-state index in [2.05, 4.69) is 163 Å². The molecule has 1 aliphatic rings. The van der Waals surface area contributed by atoms with Crippen molar-refractivity contribution in [3.05, 3.63) is 125 Å². The number of benzene rings is 4. The number of nitrogens with one attached hydrogen (secondary N) is 2. The van der Waals surface area contributed by atoms with Crippen molar-refractivity contribution in [1.29, 1.82) is 0 Å². The molecule has 4 aromatic rings. The van der Waals surface area contributed by atoms with Crippen molar-refractivity contribution in [3.63, 3.8) is 0 Å². The molecule has 0 aromatic heterocycles. The third kappa shape index (κ3) is 29.4. The van der Waals surface area contributed by atoms with Gasteiger partial charge in [0, 0.05) is 30.8 Å². The van der Waals surface area contributed by atoms with Gasteiger partial charge in [-0.05, 0) is 125 Å². The van der Waals surface area contributed by atoms with Crippen LogP contribution in [-0.2, 0) is 16.0 Å². The average molecular weight is 866 g/mol. The lowest BCUT2D eigenvalue weighted by molar-refractivity contribution is -0.119. The van der Waals surface area contributed by atoms with Gasteiger partial charge in [-0.2, -0.15) is 0 Å². The number of carbonyl (C=O) groups excluding carboxylic acids is 2. The molecule has 6 heteroatoms. The lowest BCUT2D eigenvalue weighted by Crippen LogP contribution is -2.26.